The van der Waals surface area contributed by atoms with Crippen LogP contribution in [0.5, 0.6) is 5.75 Å². The minimum absolute atomic E-state index is 0.0557. The molecule has 2 atom stereocenters. The van der Waals surface area contributed by atoms with Crippen LogP contribution in [0.1, 0.15) is 56.0 Å². The van der Waals surface area contributed by atoms with Gasteiger partial charge in [0.05, 0.1) is 19.6 Å². The van der Waals surface area contributed by atoms with E-state index in [1.165, 1.54) is 0 Å². The first kappa shape index (κ1) is 25.1. The van der Waals surface area contributed by atoms with E-state index in [-0.39, 0.29) is 49.3 Å². The zero-order chi connectivity index (χ0) is 23.5. The van der Waals surface area contributed by atoms with Crippen LogP contribution in [-0.2, 0) is 19.1 Å². The predicted octanol–water partition coefficient (Wildman–Crippen LogP) is 4.82. The van der Waals surface area contributed by atoms with Crippen LogP contribution in [0.25, 0.3) is 0 Å². The third-order valence-corrected chi connectivity index (χ3v) is 4.92. The van der Waals surface area contributed by atoms with E-state index in [1.54, 1.807) is 24.3 Å². The van der Waals surface area contributed by atoms with Gasteiger partial charge < -0.3 is 14.2 Å². The Labute approximate surface area is 189 Å². The zero-order valence-electron chi connectivity index (χ0n) is 19.2. The van der Waals surface area contributed by atoms with E-state index in [0.717, 1.165) is 5.56 Å². The van der Waals surface area contributed by atoms with Crippen LogP contribution in [0.15, 0.2) is 54.6 Å². The van der Waals surface area contributed by atoms with Crippen molar-refractivity contribution in [3.05, 3.63) is 65.7 Å². The first-order valence-electron chi connectivity index (χ1n) is 10.9. The Kier molecular flexibility index (Phi) is 9.92. The van der Waals surface area contributed by atoms with Crippen molar-refractivity contribution < 1.29 is 28.6 Å². The summed E-state index contributed by atoms with van der Waals surface area (Å²) in [5.74, 6) is -0.379. The van der Waals surface area contributed by atoms with Gasteiger partial charge >= 0.3 is 11.9 Å². The topological polar surface area (TPSA) is 78.9 Å². The van der Waals surface area contributed by atoms with Gasteiger partial charge in [0.1, 0.15) is 5.75 Å². The highest BCUT2D eigenvalue weighted by Gasteiger charge is 2.15. The maximum absolute atomic E-state index is 12.1. The molecular formula is C26H32O6. The number of ketones is 1. The molecule has 0 heterocycles. The van der Waals surface area contributed by atoms with E-state index in [0.29, 0.717) is 17.7 Å². The summed E-state index contributed by atoms with van der Waals surface area (Å²) in [6.07, 6.45) is 0.298. The summed E-state index contributed by atoms with van der Waals surface area (Å²) in [6.45, 7) is 7.58. The molecule has 172 valence electrons. The lowest BCUT2D eigenvalue weighted by atomic mass is 9.98. The highest BCUT2D eigenvalue weighted by molar-refractivity contribution is 5.97. The van der Waals surface area contributed by atoms with Crippen LogP contribution in [-0.4, -0.2) is 37.5 Å². The highest BCUT2D eigenvalue weighted by atomic mass is 16.6. The number of Topliss-reactive ketones (excluding diaryl/α,β-unsaturated/α-hetero) is 1. The van der Waals surface area contributed by atoms with E-state index in [4.69, 9.17) is 14.2 Å². The molecule has 0 N–H and O–H groups in total. The fraction of sp³-hybridized carbons (Fsp3) is 0.423. The smallest absolute Gasteiger partial charge is 0.344 e. The Balaban J connectivity index is 1.64. The summed E-state index contributed by atoms with van der Waals surface area (Å²) in [5.41, 5.74) is 1.70. The Morgan fingerprint density at radius 2 is 1.38 bits per heavy atom. The second-order valence-corrected chi connectivity index (χ2v) is 8.32. The van der Waals surface area contributed by atoms with Gasteiger partial charge in [0, 0.05) is 17.4 Å². The monoisotopic (exact) mass is 440 g/mol. The third kappa shape index (κ3) is 8.53. The molecule has 2 rings (SSSR count). The minimum atomic E-state index is -0.511. The second-order valence-electron chi connectivity index (χ2n) is 8.32. The van der Waals surface area contributed by atoms with Crippen molar-refractivity contribution in [2.75, 3.05) is 19.8 Å². The van der Waals surface area contributed by atoms with Crippen LogP contribution in [0.4, 0.5) is 0 Å². The lowest BCUT2D eigenvalue weighted by Gasteiger charge is -2.15. The maximum atomic E-state index is 12.1. The molecule has 0 aliphatic rings. The molecule has 6 heteroatoms. The van der Waals surface area contributed by atoms with Crippen molar-refractivity contribution in [1.82, 2.24) is 0 Å². The van der Waals surface area contributed by atoms with Gasteiger partial charge in [-0.15, -0.1) is 0 Å². The van der Waals surface area contributed by atoms with Crippen LogP contribution < -0.4 is 4.74 Å². The van der Waals surface area contributed by atoms with Crippen molar-refractivity contribution in [3.8, 4) is 5.75 Å². The number of benzene rings is 2. The molecule has 0 spiro atoms. The number of esters is 2. The van der Waals surface area contributed by atoms with Crippen molar-refractivity contribution in [2.24, 2.45) is 11.8 Å². The molecule has 0 aromatic heterocycles. The van der Waals surface area contributed by atoms with Gasteiger partial charge in [-0.25, -0.2) is 4.79 Å². The summed E-state index contributed by atoms with van der Waals surface area (Å²) in [5, 5.41) is 0. The summed E-state index contributed by atoms with van der Waals surface area (Å²) in [7, 11) is 0. The summed E-state index contributed by atoms with van der Waals surface area (Å²) in [6, 6.07) is 16.5. The second kappa shape index (κ2) is 12.6. The Bertz CT molecular complexity index is 873. The summed E-state index contributed by atoms with van der Waals surface area (Å²) < 4.78 is 15.9. The molecule has 0 aliphatic carbocycles. The van der Waals surface area contributed by atoms with E-state index in [2.05, 4.69) is 0 Å². The number of carbonyl (C=O) groups excluding carboxylic acids is 3. The molecule has 0 aliphatic heterocycles. The molecule has 0 saturated carbocycles. The van der Waals surface area contributed by atoms with Gasteiger partial charge in [-0.3, -0.25) is 9.59 Å². The van der Waals surface area contributed by atoms with Crippen molar-refractivity contribution in [1.29, 1.82) is 0 Å². The van der Waals surface area contributed by atoms with E-state index < -0.39 is 5.97 Å². The van der Waals surface area contributed by atoms with Gasteiger partial charge in [0.2, 0.25) is 0 Å². The molecule has 2 unspecified atom stereocenters. The predicted molar refractivity (Wildman–Crippen MR) is 122 cm³/mol. The Morgan fingerprint density at radius 3 is 1.97 bits per heavy atom. The molecule has 2 aromatic rings. The number of ether oxygens (including phenoxy) is 3. The van der Waals surface area contributed by atoms with Gasteiger partial charge in [-0.2, -0.15) is 0 Å². The average Bonchev–Trinajstić information content (AvgIpc) is 2.80. The molecule has 0 bridgehead atoms. The Morgan fingerprint density at radius 1 is 0.781 bits per heavy atom. The van der Waals surface area contributed by atoms with Crippen LogP contribution in [0.3, 0.4) is 0 Å². The van der Waals surface area contributed by atoms with Gasteiger partial charge in [-0.05, 0) is 35.7 Å². The number of hydrogen-bond donors (Lipinski definition) is 0. The highest BCUT2D eigenvalue weighted by Crippen LogP contribution is 2.19. The first-order chi connectivity index (χ1) is 15.3. The van der Waals surface area contributed by atoms with E-state index >= 15 is 0 Å². The van der Waals surface area contributed by atoms with Gasteiger partial charge in [0.25, 0.3) is 0 Å². The van der Waals surface area contributed by atoms with Crippen molar-refractivity contribution in [2.45, 2.75) is 40.0 Å². The van der Waals surface area contributed by atoms with Gasteiger partial charge in [0.15, 0.2) is 12.4 Å². The first-order valence-corrected chi connectivity index (χ1v) is 10.9. The maximum Gasteiger partial charge on any atom is 0.344 e. The molecule has 6 nitrogen and oxygen atoms in total. The van der Waals surface area contributed by atoms with Crippen LogP contribution >= 0.6 is 0 Å². The largest absolute Gasteiger partial charge is 0.482 e. The van der Waals surface area contributed by atoms with Crippen molar-refractivity contribution >= 4 is 17.7 Å². The van der Waals surface area contributed by atoms with E-state index in [1.807, 2.05) is 58.0 Å². The fourth-order valence-electron chi connectivity index (χ4n) is 2.96. The minimum Gasteiger partial charge on any atom is -0.482 e. The SMILES string of the molecule is CC(COC(=O)COc1ccc(C(=O)C(C)C)cc1)COC(=O)CC(C)c1ccccc1. The molecule has 2 aromatic carbocycles. The molecule has 0 amide bonds. The Hall–Kier alpha value is -3.15. The quantitative estimate of drug-likeness (QED) is 0.348. The lowest BCUT2D eigenvalue weighted by Crippen LogP contribution is -2.22. The van der Waals surface area contributed by atoms with E-state index in [9.17, 15) is 14.4 Å². The summed E-state index contributed by atoms with van der Waals surface area (Å²) >= 11 is 0. The number of hydrogen-bond acceptors (Lipinski definition) is 6. The molecule has 0 saturated heterocycles. The standard InChI is InChI=1S/C26H32O6/c1-18(2)26(29)22-10-12-23(13-11-22)30-17-25(28)32-16-19(3)15-31-24(27)14-20(4)21-8-6-5-7-9-21/h5-13,18-20H,14-17H2,1-4H3. The number of carbonyl (C=O) groups is 3. The lowest BCUT2D eigenvalue weighted by molar-refractivity contribution is -0.150. The molecular weight excluding hydrogens is 408 g/mol. The molecule has 0 fully saturated rings. The fourth-order valence-corrected chi connectivity index (χ4v) is 2.96. The van der Waals surface area contributed by atoms with Crippen LogP contribution in [0.2, 0.25) is 0 Å². The average molecular weight is 441 g/mol. The molecule has 32 heavy (non-hydrogen) atoms. The normalized spacial score (nSPS) is 12.7. The summed E-state index contributed by atoms with van der Waals surface area (Å²) in [4.78, 5) is 35.9. The zero-order valence-corrected chi connectivity index (χ0v) is 19.2. The number of rotatable bonds is 12. The van der Waals surface area contributed by atoms with Crippen LogP contribution in [0, 0.1) is 11.8 Å². The van der Waals surface area contributed by atoms with Crippen molar-refractivity contribution in [3.63, 3.8) is 0 Å². The van der Waals surface area contributed by atoms with Gasteiger partial charge in [-0.1, -0.05) is 58.0 Å². The molecule has 0 radical (unpaired) electrons. The third-order valence-electron chi connectivity index (χ3n) is 4.92.